The van der Waals surface area contributed by atoms with Crippen molar-refractivity contribution in [1.29, 1.82) is 0 Å². The van der Waals surface area contributed by atoms with Crippen LogP contribution in [0.5, 0.6) is 0 Å². The van der Waals surface area contributed by atoms with Gasteiger partial charge in [0, 0.05) is 5.38 Å². The molecule has 16 nitrogen and oxygen atoms in total. The van der Waals surface area contributed by atoms with Crippen molar-refractivity contribution < 1.29 is 47.9 Å². The average molecular weight is 627 g/mol. The first kappa shape index (κ1) is 33.5. The summed E-state index contributed by atoms with van der Waals surface area (Å²) in [5.41, 5.74) is -1.61. The summed E-state index contributed by atoms with van der Waals surface area (Å²) in [4.78, 5) is 79.2. The third-order valence-corrected chi connectivity index (χ3v) is 6.15. The number of hydroxylamine groups is 1. The van der Waals surface area contributed by atoms with Crippen molar-refractivity contribution in [2.45, 2.75) is 78.2 Å². The van der Waals surface area contributed by atoms with Gasteiger partial charge in [0.1, 0.15) is 29.5 Å². The first-order chi connectivity index (χ1) is 19.9. The largest absolute Gasteiger partial charge is 0.462 e. The van der Waals surface area contributed by atoms with Crippen LogP contribution in [0.4, 0.5) is 14.7 Å². The van der Waals surface area contributed by atoms with E-state index < -0.39 is 58.5 Å². The Morgan fingerprint density at radius 2 is 1.81 bits per heavy atom. The summed E-state index contributed by atoms with van der Waals surface area (Å²) in [6.07, 6.45) is -1.44. The van der Waals surface area contributed by atoms with Gasteiger partial charge in [-0.1, -0.05) is 19.0 Å². The molecule has 2 fully saturated rings. The maximum absolute atomic E-state index is 13.3. The molecule has 17 heteroatoms. The smallest absolute Gasteiger partial charge is 0.413 e. The maximum Gasteiger partial charge on any atom is 0.413 e. The standard InChI is InChI=1S/C26H38N6O10S/c1-14(2)9-38-20(35)26(12-32(13-26)23(37)41-25(6,7)8)42-30-17(19(34)27-15-10-39-31-18(15)33)16-11-43-21(28-16)29-22(36)40-24(3,4)5/h11,14-15H,9-10,12-13H2,1-8H3,(H,27,34)(H,31,33)(H,28,29,36)/b30-17-/t15-/m0/s1. The number of esters is 1. The highest BCUT2D eigenvalue weighted by Crippen LogP contribution is 2.30. The predicted molar refractivity (Wildman–Crippen MR) is 152 cm³/mol. The normalized spacial score (nSPS) is 18.3. The molecule has 0 unspecified atom stereocenters. The minimum absolute atomic E-state index is 0.0125. The molecule has 2 aliphatic rings. The van der Waals surface area contributed by atoms with Crippen LogP contribution < -0.4 is 16.1 Å². The number of rotatable bonds is 9. The van der Waals surface area contributed by atoms with E-state index in [0.717, 1.165) is 11.3 Å². The number of oxime groups is 1. The number of anilines is 1. The zero-order chi connectivity index (χ0) is 32.2. The fraction of sp³-hybridized carbons (Fsp3) is 0.654. The Kier molecular flexibility index (Phi) is 10.2. The quantitative estimate of drug-likeness (QED) is 0.157. The summed E-state index contributed by atoms with van der Waals surface area (Å²) in [7, 11) is 0. The lowest BCUT2D eigenvalue weighted by molar-refractivity contribution is -0.195. The monoisotopic (exact) mass is 626 g/mol. The molecule has 0 saturated carbocycles. The van der Waals surface area contributed by atoms with Gasteiger partial charge < -0.3 is 24.4 Å². The van der Waals surface area contributed by atoms with E-state index in [9.17, 15) is 24.0 Å². The molecule has 3 heterocycles. The third-order valence-electron chi connectivity index (χ3n) is 5.39. The molecule has 4 amide bonds. The zero-order valence-electron chi connectivity index (χ0n) is 25.4. The van der Waals surface area contributed by atoms with Gasteiger partial charge in [0.15, 0.2) is 10.8 Å². The average Bonchev–Trinajstić information content (AvgIpc) is 3.45. The number of nitrogens with one attached hydrogen (secondary N) is 3. The third kappa shape index (κ3) is 9.51. The minimum Gasteiger partial charge on any atom is -0.462 e. The Bertz CT molecular complexity index is 1260. The zero-order valence-corrected chi connectivity index (χ0v) is 26.2. The summed E-state index contributed by atoms with van der Waals surface area (Å²) >= 11 is 0.969. The van der Waals surface area contributed by atoms with Crippen LogP contribution >= 0.6 is 11.3 Å². The Balaban J connectivity index is 1.88. The molecule has 1 atom stereocenters. The lowest BCUT2D eigenvalue weighted by atomic mass is 9.94. The molecule has 3 rings (SSSR count). The number of likely N-dealkylation sites (tertiary alicyclic amines) is 1. The molecule has 2 aliphatic heterocycles. The first-order valence-electron chi connectivity index (χ1n) is 13.5. The van der Waals surface area contributed by atoms with Crippen LogP contribution in [0.3, 0.4) is 0 Å². The lowest BCUT2D eigenvalue weighted by Crippen LogP contribution is -2.69. The fourth-order valence-electron chi connectivity index (χ4n) is 3.47. The number of carbonyl (C=O) groups is 5. The number of carbonyl (C=O) groups excluding carboxylic acids is 5. The fourth-order valence-corrected chi connectivity index (χ4v) is 4.15. The van der Waals surface area contributed by atoms with Crippen molar-refractivity contribution in [3.8, 4) is 0 Å². The molecule has 0 spiro atoms. The van der Waals surface area contributed by atoms with E-state index in [-0.39, 0.29) is 43.0 Å². The molecule has 2 saturated heterocycles. The van der Waals surface area contributed by atoms with Crippen LogP contribution in [0.2, 0.25) is 0 Å². The van der Waals surface area contributed by atoms with Crippen LogP contribution in [-0.2, 0) is 38.3 Å². The first-order valence-corrected chi connectivity index (χ1v) is 14.4. The Morgan fingerprint density at radius 3 is 2.37 bits per heavy atom. The second-order valence-corrected chi connectivity index (χ2v) is 13.2. The van der Waals surface area contributed by atoms with Gasteiger partial charge in [0.25, 0.3) is 17.4 Å². The van der Waals surface area contributed by atoms with Crippen molar-refractivity contribution in [3.05, 3.63) is 11.1 Å². The van der Waals surface area contributed by atoms with Gasteiger partial charge in [0.2, 0.25) is 0 Å². The second kappa shape index (κ2) is 13.1. The molecule has 0 aromatic carbocycles. The summed E-state index contributed by atoms with van der Waals surface area (Å²) in [6.45, 7) is 13.3. The van der Waals surface area contributed by atoms with Crippen LogP contribution in [0.1, 0.15) is 61.1 Å². The van der Waals surface area contributed by atoms with Gasteiger partial charge in [-0.25, -0.2) is 24.8 Å². The molecular formula is C26H38N6O10S. The number of ether oxygens (including phenoxy) is 3. The van der Waals surface area contributed by atoms with E-state index in [1.807, 2.05) is 13.8 Å². The molecule has 0 aliphatic carbocycles. The van der Waals surface area contributed by atoms with Crippen LogP contribution in [0.15, 0.2) is 10.5 Å². The lowest BCUT2D eigenvalue weighted by Gasteiger charge is -2.45. The Hall–Kier alpha value is -3.99. The minimum atomic E-state index is -1.75. The van der Waals surface area contributed by atoms with Crippen molar-refractivity contribution in [2.75, 3.05) is 31.6 Å². The predicted octanol–water partition coefficient (Wildman–Crippen LogP) is 1.95. The molecule has 1 aromatic rings. The van der Waals surface area contributed by atoms with E-state index in [4.69, 9.17) is 23.9 Å². The van der Waals surface area contributed by atoms with Gasteiger partial charge in [0.05, 0.1) is 19.7 Å². The van der Waals surface area contributed by atoms with Crippen LogP contribution in [-0.4, -0.2) is 94.7 Å². The highest BCUT2D eigenvalue weighted by atomic mass is 32.1. The van der Waals surface area contributed by atoms with E-state index in [1.54, 1.807) is 41.5 Å². The molecule has 0 radical (unpaired) electrons. The summed E-state index contributed by atoms with van der Waals surface area (Å²) in [6, 6.07) is -1.04. The van der Waals surface area contributed by atoms with Crippen LogP contribution in [0.25, 0.3) is 0 Å². The van der Waals surface area contributed by atoms with Crippen LogP contribution in [0, 0.1) is 5.92 Å². The van der Waals surface area contributed by atoms with E-state index in [0.29, 0.717) is 0 Å². The van der Waals surface area contributed by atoms with Gasteiger partial charge >= 0.3 is 18.2 Å². The summed E-state index contributed by atoms with van der Waals surface area (Å²) in [5, 5.41) is 10.4. The highest BCUT2D eigenvalue weighted by Gasteiger charge is 2.57. The maximum atomic E-state index is 13.3. The van der Waals surface area contributed by atoms with Crippen molar-refractivity contribution in [2.24, 2.45) is 11.1 Å². The van der Waals surface area contributed by atoms with Gasteiger partial charge in [-0.3, -0.25) is 24.6 Å². The van der Waals surface area contributed by atoms with Crippen molar-refractivity contribution in [1.82, 2.24) is 20.7 Å². The number of nitrogens with zero attached hydrogens (tertiary/aromatic N) is 3. The summed E-state index contributed by atoms with van der Waals surface area (Å²) in [5.74, 6) is -2.24. The number of hydrogen-bond donors (Lipinski definition) is 3. The topological polar surface area (TPSA) is 196 Å². The van der Waals surface area contributed by atoms with E-state index in [2.05, 4.69) is 26.3 Å². The molecule has 238 valence electrons. The van der Waals surface area contributed by atoms with Gasteiger partial charge in [-0.05, 0) is 47.5 Å². The SMILES string of the molecule is CC(C)COC(=O)C1(O/N=C(\C(=O)N[C@H]2CONC2=O)c2csc(NC(=O)OC(C)(C)C)n2)CN(C(=O)OC(C)(C)C)C1. The number of aromatic nitrogens is 1. The Labute approximate surface area is 252 Å². The molecular weight excluding hydrogens is 588 g/mol. The number of amides is 4. The van der Waals surface area contributed by atoms with Crippen molar-refractivity contribution >= 4 is 52.2 Å². The molecule has 43 heavy (non-hydrogen) atoms. The van der Waals surface area contributed by atoms with E-state index in [1.165, 1.54) is 10.3 Å². The van der Waals surface area contributed by atoms with Crippen molar-refractivity contribution in [3.63, 3.8) is 0 Å². The molecule has 3 N–H and O–H groups in total. The van der Waals surface area contributed by atoms with Gasteiger partial charge in [-0.15, -0.1) is 11.3 Å². The summed E-state index contributed by atoms with van der Waals surface area (Å²) < 4.78 is 16.0. The Morgan fingerprint density at radius 1 is 1.16 bits per heavy atom. The second-order valence-electron chi connectivity index (χ2n) is 12.3. The number of hydrogen-bond acceptors (Lipinski definition) is 13. The highest BCUT2D eigenvalue weighted by molar-refractivity contribution is 7.14. The van der Waals surface area contributed by atoms with Gasteiger partial charge in [-0.2, -0.15) is 0 Å². The molecule has 1 aromatic heterocycles. The number of thiazole rings is 1. The van der Waals surface area contributed by atoms with E-state index >= 15 is 0 Å². The molecule has 0 bridgehead atoms.